The Morgan fingerprint density at radius 3 is 2.71 bits per heavy atom. The molecule has 2 aromatic carbocycles. The van der Waals surface area contributed by atoms with Crippen molar-refractivity contribution in [3.63, 3.8) is 0 Å². The molecule has 1 aromatic heterocycles. The van der Waals surface area contributed by atoms with Crippen LogP contribution in [-0.2, 0) is 11.8 Å². The summed E-state index contributed by atoms with van der Waals surface area (Å²) in [6.45, 7) is 1.83. The number of amides is 1. The number of carbonyl (C=O) groups excluding carboxylic acids is 1. The van der Waals surface area contributed by atoms with Crippen molar-refractivity contribution in [2.24, 2.45) is 7.05 Å². The number of nitriles is 1. The summed E-state index contributed by atoms with van der Waals surface area (Å²) in [7, 11) is 1.94. The van der Waals surface area contributed by atoms with Gasteiger partial charge in [0.15, 0.2) is 5.16 Å². The van der Waals surface area contributed by atoms with E-state index in [1.54, 1.807) is 24.3 Å². The van der Waals surface area contributed by atoms with Crippen LogP contribution in [0, 0.1) is 11.3 Å². The van der Waals surface area contributed by atoms with Crippen molar-refractivity contribution in [1.82, 2.24) is 9.55 Å². The number of anilines is 1. The standard InChI is InChI=1S/C18H16N4OS/c1-12(17(23)20-14-8-4-3-7-13(14)11-19)24-18-21-15-9-5-6-10-16(15)22(18)2/h3-10,12H,1-2H3,(H,20,23). The second-order valence-electron chi connectivity index (χ2n) is 5.35. The number of thioether (sulfide) groups is 1. The van der Waals surface area contributed by atoms with E-state index in [1.165, 1.54) is 11.8 Å². The number of hydrogen-bond acceptors (Lipinski definition) is 4. The van der Waals surface area contributed by atoms with Crippen LogP contribution in [0.25, 0.3) is 11.0 Å². The molecule has 1 N–H and O–H groups in total. The van der Waals surface area contributed by atoms with Crippen LogP contribution in [0.1, 0.15) is 12.5 Å². The van der Waals surface area contributed by atoms with Gasteiger partial charge in [0.25, 0.3) is 0 Å². The maximum absolute atomic E-state index is 12.4. The largest absolute Gasteiger partial charge is 0.324 e. The van der Waals surface area contributed by atoms with Gasteiger partial charge in [0.1, 0.15) is 6.07 Å². The van der Waals surface area contributed by atoms with Gasteiger partial charge in [0.2, 0.25) is 5.91 Å². The lowest BCUT2D eigenvalue weighted by Crippen LogP contribution is -2.23. The van der Waals surface area contributed by atoms with E-state index in [1.807, 2.05) is 42.8 Å². The van der Waals surface area contributed by atoms with Crippen molar-refractivity contribution >= 4 is 34.4 Å². The zero-order chi connectivity index (χ0) is 17.1. The number of rotatable bonds is 4. The predicted octanol–water partition coefficient (Wildman–Crippen LogP) is 3.56. The van der Waals surface area contributed by atoms with Crippen LogP contribution < -0.4 is 5.32 Å². The number of aryl methyl sites for hydroxylation is 1. The molecule has 1 atom stereocenters. The number of hydrogen-bond donors (Lipinski definition) is 1. The van der Waals surface area contributed by atoms with Crippen LogP contribution in [0.2, 0.25) is 0 Å². The highest BCUT2D eigenvalue weighted by Crippen LogP contribution is 2.27. The molecule has 0 fully saturated rings. The highest BCUT2D eigenvalue weighted by molar-refractivity contribution is 8.00. The van der Waals surface area contributed by atoms with Gasteiger partial charge >= 0.3 is 0 Å². The van der Waals surface area contributed by atoms with Gasteiger partial charge in [-0.05, 0) is 31.2 Å². The molecular weight excluding hydrogens is 320 g/mol. The van der Waals surface area contributed by atoms with E-state index in [9.17, 15) is 4.79 Å². The number of fused-ring (bicyclic) bond motifs is 1. The molecule has 0 aliphatic rings. The van der Waals surface area contributed by atoms with Crippen molar-refractivity contribution < 1.29 is 4.79 Å². The molecule has 3 rings (SSSR count). The van der Waals surface area contributed by atoms with Gasteiger partial charge in [-0.25, -0.2) is 4.98 Å². The van der Waals surface area contributed by atoms with E-state index in [-0.39, 0.29) is 11.2 Å². The first-order valence-corrected chi connectivity index (χ1v) is 8.36. The zero-order valence-corrected chi connectivity index (χ0v) is 14.2. The molecule has 24 heavy (non-hydrogen) atoms. The SMILES string of the molecule is CC(Sc1nc2ccccc2n1C)C(=O)Nc1ccccc1C#N. The van der Waals surface area contributed by atoms with Gasteiger partial charge in [0, 0.05) is 7.05 Å². The van der Waals surface area contributed by atoms with E-state index in [0.29, 0.717) is 11.3 Å². The fraction of sp³-hybridized carbons (Fsp3) is 0.167. The van der Waals surface area contributed by atoms with E-state index in [2.05, 4.69) is 16.4 Å². The number of carbonyl (C=O) groups is 1. The topological polar surface area (TPSA) is 70.7 Å². The average molecular weight is 336 g/mol. The number of imidazole rings is 1. The Morgan fingerprint density at radius 2 is 1.96 bits per heavy atom. The van der Waals surface area contributed by atoms with Gasteiger partial charge in [-0.2, -0.15) is 5.26 Å². The Balaban J connectivity index is 1.76. The van der Waals surface area contributed by atoms with Crippen LogP contribution >= 0.6 is 11.8 Å². The maximum Gasteiger partial charge on any atom is 0.237 e. The zero-order valence-electron chi connectivity index (χ0n) is 13.4. The van der Waals surface area contributed by atoms with Gasteiger partial charge in [-0.1, -0.05) is 36.0 Å². The van der Waals surface area contributed by atoms with E-state index < -0.39 is 0 Å². The molecule has 0 radical (unpaired) electrons. The highest BCUT2D eigenvalue weighted by atomic mass is 32.2. The third kappa shape index (κ3) is 3.12. The minimum absolute atomic E-state index is 0.158. The van der Waals surface area contributed by atoms with Crippen LogP contribution in [0.5, 0.6) is 0 Å². The lowest BCUT2D eigenvalue weighted by molar-refractivity contribution is -0.115. The summed E-state index contributed by atoms with van der Waals surface area (Å²) in [5.41, 5.74) is 2.92. The van der Waals surface area contributed by atoms with Crippen molar-refractivity contribution in [1.29, 1.82) is 5.26 Å². The summed E-state index contributed by atoms with van der Waals surface area (Å²) in [6, 6.07) is 16.9. The Hall–Kier alpha value is -2.78. The van der Waals surface area contributed by atoms with Crippen LogP contribution in [0.3, 0.4) is 0 Å². The number of para-hydroxylation sites is 3. The lowest BCUT2D eigenvalue weighted by atomic mass is 10.2. The Kier molecular flexibility index (Phi) is 4.54. The second kappa shape index (κ2) is 6.77. The van der Waals surface area contributed by atoms with Gasteiger partial charge in [0.05, 0.1) is 27.5 Å². The Labute approximate surface area is 144 Å². The molecule has 0 spiro atoms. The summed E-state index contributed by atoms with van der Waals surface area (Å²) < 4.78 is 1.98. The first-order chi connectivity index (χ1) is 11.6. The number of nitrogens with one attached hydrogen (secondary N) is 1. The molecule has 0 saturated heterocycles. The van der Waals surface area contributed by atoms with Gasteiger partial charge < -0.3 is 9.88 Å². The normalized spacial score (nSPS) is 11.9. The van der Waals surface area contributed by atoms with Gasteiger partial charge in [-0.3, -0.25) is 4.79 Å². The minimum Gasteiger partial charge on any atom is -0.324 e. The minimum atomic E-state index is -0.340. The molecule has 0 aliphatic carbocycles. The van der Waals surface area contributed by atoms with Crippen molar-refractivity contribution in [2.45, 2.75) is 17.3 Å². The summed E-state index contributed by atoms with van der Waals surface area (Å²) in [5.74, 6) is -0.158. The van der Waals surface area contributed by atoms with Crippen LogP contribution in [0.15, 0.2) is 53.7 Å². The maximum atomic E-state index is 12.4. The quantitative estimate of drug-likeness (QED) is 0.740. The molecule has 5 nitrogen and oxygen atoms in total. The van der Waals surface area contributed by atoms with Crippen LogP contribution in [-0.4, -0.2) is 20.7 Å². The predicted molar refractivity (Wildman–Crippen MR) is 95.8 cm³/mol. The molecule has 0 bridgehead atoms. The van der Waals surface area contributed by atoms with E-state index >= 15 is 0 Å². The monoisotopic (exact) mass is 336 g/mol. The fourth-order valence-electron chi connectivity index (χ4n) is 2.36. The average Bonchev–Trinajstić information content (AvgIpc) is 2.91. The second-order valence-corrected chi connectivity index (χ2v) is 6.66. The lowest BCUT2D eigenvalue weighted by Gasteiger charge is -2.12. The van der Waals surface area contributed by atoms with E-state index in [4.69, 9.17) is 5.26 Å². The summed E-state index contributed by atoms with van der Waals surface area (Å²) in [6.07, 6.45) is 0. The molecule has 1 heterocycles. The highest BCUT2D eigenvalue weighted by Gasteiger charge is 2.19. The number of aromatic nitrogens is 2. The van der Waals surface area contributed by atoms with E-state index in [0.717, 1.165) is 16.2 Å². The molecule has 0 aliphatic heterocycles. The third-order valence-corrected chi connectivity index (χ3v) is 4.85. The van der Waals surface area contributed by atoms with Crippen molar-refractivity contribution in [3.05, 3.63) is 54.1 Å². The summed E-state index contributed by atoms with van der Waals surface area (Å²) in [5, 5.41) is 12.4. The first kappa shape index (κ1) is 16.1. The van der Waals surface area contributed by atoms with Gasteiger partial charge in [-0.15, -0.1) is 0 Å². The Bertz CT molecular complexity index is 942. The molecule has 3 aromatic rings. The smallest absolute Gasteiger partial charge is 0.237 e. The number of benzene rings is 2. The summed E-state index contributed by atoms with van der Waals surface area (Å²) >= 11 is 1.39. The molecule has 120 valence electrons. The number of nitrogens with zero attached hydrogens (tertiary/aromatic N) is 3. The molecule has 1 amide bonds. The van der Waals surface area contributed by atoms with Crippen LogP contribution in [0.4, 0.5) is 5.69 Å². The first-order valence-electron chi connectivity index (χ1n) is 7.48. The Morgan fingerprint density at radius 1 is 1.25 bits per heavy atom. The molecule has 6 heteroatoms. The fourth-order valence-corrected chi connectivity index (χ4v) is 3.25. The summed E-state index contributed by atoms with van der Waals surface area (Å²) in [4.78, 5) is 17.0. The molecule has 1 unspecified atom stereocenters. The molecular formula is C18H16N4OS. The third-order valence-electron chi connectivity index (χ3n) is 3.70. The van der Waals surface area contributed by atoms with Crippen molar-refractivity contribution in [3.8, 4) is 6.07 Å². The molecule has 0 saturated carbocycles. The van der Waals surface area contributed by atoms with Crippen molar-refractivity contribution in [2.75, 3.05) is 5.32 Å².